The van der Waals surface area contributed by atoms with Gasteiger partial charge in [-0.1, -0.05) is 49.7 Å². The van der Waals surface area contributed by atoms with Crippen molar-refractivity contribution < 1.29 is 0 Å². The van der Waals surface area contributed by atoms with Crippen LogP contribution in [-0.4, -0.2) is 23.1 Å². The molecule has 4 bridgehead atoms. The lowest BCUT2D eigenvalue weighted by Crippen LogP contribution is -2.61. The van der Waals surface area contributed by atoms with Gasteiger partial charge < -0.3 is 10.2 Å². The second kappa shape index (κ2) is 7.39. The van der Waals surface area contributed by atoms with E-state index in [9.17, 15) is 0 Å². The van der Waals surface area contributed by atoms with Crippen LogP contribution < -0.4 is 10.2 Å². The van der Waals surface area contributed by atoms with Crippen molar-refractivity contribution in [1.29, 1.82) is 0 Å². The molecule has 146 valence electrons. The fourth-order valence-electron chi connectivity index (χ4n) is 7.20. The SMILES string of the molecule is S=C(CN(c1ccccc1)C1CCCCC1)NC12CC3CC(CC(C3)C1)C2. The van der Waals surface area contributed by atoms with Crippen LogP contribution in [0.25, 0.3) is 0 Å². The van der Waals surface area contributed by atoms with Crippen LogP contribution in [0.3, 0.4) is 0 Å². The number of hydrogen-bond acceptors (Lipinski definition) is 2. The predicted octanol–water partition coefficient (Wildman–Crippen LogP) is 5.71. The van der Waals surface area contributed by atoms with Crippen molar-refractivity contribution in [3.05, 3.63) is 30.3 Å². The number of hydrogen-bond donors (Lipinski definition) is 1. The van der Waals surface area contributed by atoms with E-state index in [2.05, 4.69) is 40.5 Å². The van der Waals surface area contributed by atoms with E-state index in [-0.39, 0.29) is 0 Å². The number of rotatable bonds is 5. The first kappa shape index (κ1) is 18.0. The summed E-state index contributed by atoms with van der Waals surface area (Å²) in [6, 6.07) is 11.6. The van der Waals surface area contributed by atoms with Gasteiger partial charge in [-0.2, -0.15) is 0 Å². The molecule has 0 spiro atoms. The Labute approximate surface area is 170 Å². The van der Waals surface area contributed by atoms with Crippen LogP contribution in [-0.2, 0) is 0 Å². The van der Waals surface area contributed by atoms with Crippen molar-refractivity contribution in [3.8, 4) is 0 Å². The Kier molecular flexibility index (Phi) is 4.92. The van der Waals surface area contributed by atoms with Gasteiger partial charge in [-0.3, -0.25) is 0 Å². The fourth-order valence-corrected chi connectivity index (χ4v) is 7.55. The van der Waals surface area contributed by atoms with Crippen LogP contribution in [0.4, 0.5) is 5.69 Å². The average Bonchev–Trinajstić information content (AvgIpc) is 2.66. The van der Waals surface area contributed by atoms with E-state index in [4.69, 9.17) is 12.2 Å². The molecule has 5 saturated carbocycles. The van der Waals surface area contributed by atoms with Gasteiger partial charge in [-0.25, -0.2) is 0 Å². The summed E-state index contributed by atoms with van der Waals surface area (Å²) >= 11 is 5.98. The van der Waals surface area contributed by atoms with Gasteiger partial charge in [0.2, 0.25) is 0 Å². The molecular formula is C24H34N2S. The average molecular weight is 383 g/mol. The monoisotopic (exact) mass is 382 g/mol. The highest BCUT2D eigenvalue weighted by molar-refractivity contribution is 7.80. The zero-order valence-electron chi connectivity index (χ0n) is 16.5. The van der Waals surface area contributed by atoms with Crippen LogP contribution in [0, 0.1) is 17.8 Å². The molecule has 0 aliphatic heterocycles. The zero-order chi connectivity index (χ0) is 18.3. The third-order valence-electron chi connectivity index (χ3n) is 7.86. The van der Waals surface area contributed by atoms with Crippen LogP contribution in [0.5, 0.6) is 0 Å². The summed E-state index contributed by atoms with van der Waals surface area (Å²) in [5.41, 5.74) is 1.68. The molecule has 0 saturated heterocycles. The summed E-state index contributed by atoms with van der Waals surface area (Å²) in [6.45, 7) is 0.895. The Balaban J connectivity index is 1.30. The second-order valence-electron chi connectivity index (χ2n) is 10.0. The molecule has 0 unspecified atom stereocenters. The van der Waals surface area contributed by atoms with Crippen LogP contribution in [0.1, 0.15) is 70.6 Å². The minimum Gasteiger partial charge on any atom is -0.373 e. The van der Waals surface area contributed by atoms with Gasteiger partial charge in [-0.15, -0.1) is 0 Å². The van der Waals surface area contributed by atoms with Crippen molar-refractivity contribution in [1.82, 2.24) is 5.32 Å². The Morgan fingerprint density at radius 1 is 0.926 bits per heavy atom. The predicted molar refractivity (Wildman–Crippen MR) is 117 cm³/mol. The summed E-state index contributed by atoms with van der Waals surface area (Å²) in [5, 5.41) is 3.95. The van der Waals surface area contributed by atoms with Crippen molar-refractivity contribution in [2.24, 2.45) is 17.8 Å². The van der Waals surface area contributed by atoms with Crippen molar-refractivity contribution in [2.45, 2.75) is 82.2 Å². The van der Waals surface area contributed by atoms with Gasteiger partial charge in [0, 0.05) is 17.3 Å². The molecule has 2 nitrogen and oxygen atoms in total. The lowest BCUT2D eigenvalue weighted by Gasteiger charge is -2.57. The molecule has 0 heterocycles. The number of para-hydroxylation sites is 1. The molecule has 27 heavy (non-hydrogen) atoms. The third kappa shape index (κ3) is 3.77. The van der Waals surface area contributed by atoms with Crippen LogP contribution >= 0.6 is 12.2 Å². The van der Waals surface area contributed by atoms with Gasteiger partial charge in [0.15, 0.2) is 0 Å². The fraction of sp³-hybridized carbons (Fsp3) is 0.708. The standard InChI is InChI=1S/C24H34N2S/c27-23(25-24-14-18-11-19(15-24)13-20(12-18)16-24)17-26(21-7-3-1-4-8-21)22-9-5-2-6-10-22/h1,3-4,7-8,18-20,22H,2,5-6,9-17H2,(H,25,27). The molecule has 1 N–H and O–H groups in total. The molecule has 0 aromatic heterocycles. The third-order valence-corrected chi connectivity index (χ3v) is 8.09. The van der Waals surface area contributed by atoms with E-state index in [0.29, 0.717) is 11.6 Å². The van der Waals surface area contributed by atoms with Gasteiger partial charge in [-0.05, 0) is 81.3 Å². The van der Waals surface area contributed by atoms with E-state index in [1.165, 1.54) is 76.3 Å². The minimum atomic E-state index is 0.334. The highest BCUT2D eigenvalue weighted by Crippen LogP contribution is 2.55. The molecule has 5 fully saturated rings. The summed E-state index contributed by atoms with van der Waals surface area (Å²) in [5.74, 6) is 2.90. The second-order valence-corrected chi connectivity index (χ2v) is 10.5. The summed E-state index contributed by atoms with van der Waals surface area (Å²) in [4.78, 5) is 3.70. The lowest BCUT2D eigenvalue weighted by molar-refractivity contribution is -0.00987. The number of thiocarbonyl (C=S) groups is 1. The molecule has 3 heteroatoms. The normalized spacial score (nSPS) is 35.2. The molecule has 0 amide bonds. The number of nitrogens with zero attached hydrogens (tertiary/aromatic N) is 1. The van der Waals surface area contributed by atoms with Crippen molar-refractivity contribution in [2.75, 3.05) is 11.4 Å². The van der Waals surface area contributed by atoms with Gasteiger partial charge in [0.1, 0.15) is 0 Å². The summed E-state index contributed by atoms with van der Waals surface area (Å²) in [7, 11) is 0. The molecule has 1 aromatic carbocycles. The first-order valence-corrected chi connectivity index (χ1v) is 11.7. The first-order chi connectivity index (χ1) is 13.2. The maximum Gasteiger partial charge on any atom is 0.0954 e. The largest absolute Gasteiger partial charge is 0.373 e. The maximum absolute atomic E-state index is 5.98. The highest BCUT2D eigenvalue weighted by Gasteiger charge is 2.51. The quantitative estimate of drug-likeness (QED) is 0.657. The molecule has 0 atom stereocenters. The van der Waals surface area contributed by atoms with Gasteiger partial charge in [0.05, 0.1) is 11.5 Å². The first-order valence-electron chi connectivity index (χ1n) is 11.3. The topological polar surface area (TPSA) is 15.3 Å². The molecule has 6 rings (SSSR count). The van der Waals surface area contributed by atoms with E-state index in [1.54, 1.807) is 0 Å². The lowest BCUT2D eigenvalue weighted by atomic mass is 9.53. The van der Waals surface area contributed by atoms with Crippen molar-refractivity contribution >= 4 is 22.9 Å². The number of anilines is 1. The Hall–Kier alpha value is -1.09. The molecule has 1 aromatic rings. The van der Waals surface area contributed by atoms with Crippen molar-refractivity contribution in [3.63, 3.8) is 0 Å². The van der Waals surface area contributed by atoms with Gasteiger partial charge >= 0.3 is 0 Å². The van der Waals surface area contributed by atoms with E-state index < -0.39 is 0 Å². The highest BCUT2D eigenvalue weighted by atomic mass is 32.1. The smallest absolute Gasteiger partial charge is 0.0954 e. The number of nitrogens with one attached hydrogen (secondary N) is 1. The summed E-state index contributed by atoms with van der Waals surface area (Å²) < 4.78 is 0. The van der Waals surface area contributed by atoms with Crippen LogP contribution in [0.15, 0.2) is 30.3 Å². The Morgan fingerprint density at radius 2 is 1.52 bits per heavy atom. The van der Waals surface area contributed by atoms with E-state index in [1.807, 2.05) is 0 Å². The molecule has 5 aliphatic rings. The van der Waals surface area contributed by atoms with Gasteiger partial charge in [0.25, 0.3) is 0 Å². The number of benzene rings is 1. The zero-order valence-corrected chi connectivity index (χ0v) is 17.4. The molecule has 0 radical (unpaired) electrons. The Bertz CT molecular complexity index is 629. The molecular weight excluding hydrogens is 348 g/mol. The van der Waals surface area contributed by atoms with E-state index in [0.717, 1.165) is 29.3 Å². The van der Waals surface area contributed by atoms with Crippen LogP contribution in [0.2, 0.25) is 0 Å². The van der Waals surface area contributed by atoms with E-state index >= 15 is 0 Å². The Morgan fingerprint density at radius 3 is 2.11 bits per heavy atom. The summed E-state index contributed by atoms with van der Waals surface area (Å²) in [6.07, 6.45) is 15.3. The minimum absolute atomic E-state index is 0.334. The molecule has 5 aliphatic carbocycles. The maximum atomic E-state index is 5.98.